The highest BCUT2D eigenvalue weighted by Crippen LogP contribution is 2.39. The molecule has 0 saturated carbocycles. The van der Waals surface area contributed by atoms with E-state index in [1.165, 1.54) is 22.9 Å². The van der Waals surface area contributed by atoms with Gasteiger partial charge in [0.05, 0.1) is 17.0 Å². The first-order valence-corrected chi connectivity index (χ1v) is 9.89. The number of hydrogen-bond acceptors (Lipinski definition) is 3. The fourth-order valence-electron chi connectivity index (χ4n) is 3.67. The molecule has 1 heterocycles. The maximum absolute atomic E-state index is 12.8. The van der Waals surface area contributed by atoms with Crippen LogP contribution in [-0.2, 0) is 16.0 Å². The molecule has 2 amide bonds. The smallest absolute Gasteiger partial charge is 0.238 e. The molecule has 0 radical (unpaired) electrons. The van der Waals surface area contributed by atoms with Crippen LogP contribution < -0.4 is 5.32 Å². The number of aryl methyl sites for hydroxylation is 1. The number of carbonyl (C=O) groups excluding carboxylic acids is 2. The molecule has 0 bridgehead atoms. The number of thioether (sulfide) groups is 1. The molecule has 2 aromatic rings. The molecule has 0 spiro atoms. The molecule has 4 rings (SSSR count). The van der Waals surface area contributed by atoms with Crippen molar-refractivity contribution < 1.29 is 9.59 Å². The first-order chi connectivity index (χ1) is 12.5. The van der Waals surface area contributed by atoms with E-state index in [2.05, 4.69) is 17.4 Å². The number of nitrogens with zero attached hydrogens (tertiary/aromatic N) is 1. The number of nitrogens with one attached hydrogen (secondary N) is 1. The second kappa shape index (κ2) is 6.97. The average Bonchev–Trinajstić information content (AvgIpc) is 3.06. The number of anilines is 1. The Morgan fingerprint density at radius 2 is 2.12 bits per heavy atom. The van der Waals surface area contributed by atoms with E-state index in [9.17, 15) is 9.59 Å². The van der Waals surface area contributed by atoms with Crippen molar-refractivity contribution in [3.63, 3.8) is 0 Å². The standard InChI is InChI=1S/C20H19ClN2O2S/c1-23(16-8-6-12-4-2-3-5-14(12)16)19(24)11-18-20(25)22-15-10-13(21)7-9-17(15)26-18/h2-5,7,9-10,16,18H,6,8,11H2,1H3,(H,22,25). The van der Waals surface area contributed by atoms with Gasteiger partial charge in [0.1, 0.15) is 0 Å². The minimum Gasteiger partial charge on any atom is -0.339 e. The van der Waals surface area contributed by atoms with Gasteiger partial charge in [-0.05, 0) is 42.2 Å². The highest BCUT2D eigenvalue weighted by molar-refractivity contribution is 8.01. The number of rotatable bonds is 3. The van der Waals surface area contributed by atoms with Crippen LogP contribution in [0, 0.1) is 0 Å². The third kappa shape index (κ3) is 3.21. The van der Waals surface area contributed by atoms with Crippen molar-refractivity contribution >= 4 is 40.9 Å². The zero-order valence-electron chi connectivity index (χ0n) is 14.4. The maximum Gasteiger partial charge on any atom is 0.238 e. The Morgan fingerprint density at radius 1 is 1.31 bits per heavy atom. The SMILES string of the molecule is CN(C(=O)CC1Sc2ccc(Cl)cc2NC1=O)C1CCc2ccccc21. The summed E-state index contributed by atoms with van der Waals surface area (Å²) in [6.07, 6.45) is 2.12. The zero-order chi connectivity index (χ0) is 18.3. The van der Waals surface area contributed by atoms with Gasteiger partial charge in [0.15, 0.2) is 0 Å². The van der Waals surface area contributed by atoms with E-state index >= 15 is 0 Å². The number of amides is 2. The van der Waals surface area contributed by atoms with Crippen molar-refractivity contribution in [2.75, 3.05) is 12.4 Å². The first-order valence-electron chi connectivity index (χ1n) is 8.63. The van der Waals surface area contributed by atoms with E-state index < -0.39 is 5.25 Å². The quantitative estimate of drug-likeness (QED) is 0.856. The Kier molecular flexibility index (Phi) is 4.67. The van der Waals surface area contributed by atoms with Gasteiger partial charge in [-0.1, -0.05) is 35.9 Å². The van der Waals surface area contributed by atoms with Crippen LogP contribution in [0.1, 0.15) is 30.0 Å². The van der Waals surface area contributed by atoms with Crippen molar-refractivity contribution in [3.8, 4) is 0 Å². The van der Waals surface area contributed by atoms with Gasteiger partial charge in [-0.25, -0.2) is 0 Å². The summed E-state index contributed by atoms with van der Waals surface area (Å²) >= 11 is 7.41. The molecular weight excluding hydrogens is 368 g/mol. The van der Waals surface area contributed by atoms with Crippen LogP contribution in [0.5, 0.6) is 0 Å². The van der Waals surface area contributed by atoms with E-state index in [1.807, 2.05) is 25.2 Å². The Morgan fingerprint density at radius 3 is 2.96 bits per heavy atom. The van der Waals surface area contributed by atoms with Crippen molar-refractivity contribution in [2.45, 2.75) is 35.4 Å². The predicted molar refractivity (Wildman–Crippen MR) is 105 cm³/mol. The lowest BCUT2D eigenvalue weighted by Crippen LogP contribution is -2.37. The average molecular weight is 387 g/mol. The van der Waals surface area contributed by atoms with Crippen LogP contribution in [0.25, 0.3) is 0 Å². The summed E-state index contributed by atoms with van der Waals surface area (Å²) in [6, 6.07) is 13.8. The van der Waals surface area contributed by atoms with Gasteiger partial charge in [-0.3, -0.25) is 9.59 Å². The normalized spacial score (nSPS) is 20.9. The summed E-state index contributed by atoms with van der Waals surface area (Å²) in [7, 11) is 1.84. The number of benzene rings is 2. The fraction of sp³-hybridized carbons (Fsp3) is 0.300. The third-order valence-corrected chi connectivity index (χ3v) is 6.59. The second-order valence-electron chi connectivity index (χ2n) is 6.70. The lowest BCUT2D eigenvalue weighted by Gasteiger charge is -2.29. The molecular formula is C20H19ClN2O2S. The second-order valence-corrected chi connectivity index (χ2v) is 8.38. The van der Waals surface area contributed by atoms with Crippen LogP contribution in [0.4, 0.5) is 5.69 Å². The first kappa shape index (κ1) is 17.4. The van der Waals surface area contributed by atoms with Crippen LogP contribution in [0.3, 0.4) is 0 Å². The lowest BCUT2D eigenvalue weighted by molar-refractivity contribution is -0.133. The van der Waals surface area contributed by atoms with Gasteiger partial charge in [0.25, 0.3) is 0 Å². The number of carbonyl (C=O) groups is 2. The Balaban J connectivity index is 1.47. The Bertz CT molecular complexity index is 886. The maximum atomic E-state index is 12.8. The van der Waals surface area contributed by atoms with Crippen LogP contribution in [0.2, 0.25) is 5.02 Å². The summed E-state index contributed by atoms with van der Waals surface area (Å²) in [5, 5.41) is 3.03. The predicted octanol–water partition coefficient (Wildman–Crippen LogP) is 4.29. The minimum atomic E-state index is -0.421. The number of fused-ring (bicyclic) bond motifs is 2. The van der Waals surface area contributed by atoms with Crippen LogP contribution >= 0.6 is 23.4 Å². The van der Waals surface area contributed by atoms with Gasteiger partial charge in [0, 0.05) is 23.4 Å². The molecule has 0 saturated heterocycles. The molecule has 1 N–H and O–H groups in total. The molecule has 2 aromatic carbocycles. The van der Waals surface area contributed by atoms with E-state index in [0.29, 0.717) is 10.7 Å². The summed E-state index contributed by atoms with van der Waals surface area (Å²) in [4.78, 5) is 28.0. The zero-order valence-corrected chi connectivity index (χ0v) is 15.9. The van der Waals surface area contributed by atoms with Crippen LogP contribution in [-0.4, -0.2) is 29.0 Å². The number of hydrogen-bond donors (Lipinski definition) is 1. The van der Waals surface area contributed by atoms with Crippen molar-refractivity contribution in [1.29, 1.82) is 0 Å². The van der Waals surface area contributed by atoms with E-state index in [0.717, 1.165) is 17.7 Å². The molecule has 1 aliphatic heterocycles. The molecule has 26 heavy (non-hydrogen) atoms. The van der Waals surface area contributed by atoms with Gasteiger partial charge < -0.3 is 10.2 Å². The number of halogens is 1. The monoisotopic (exact) mass is 386 g/mol. The summed E-state index contributed by atoms with van der Waals surface area (Å²) in [5.41, 5.74) is 3.26. The topological polar surface area (TPSA) is 49.4 Å². The minimum absolute atomic E-state index is 0.00299. The molecule has 2 unspecified atom stereocenters. The highest BCUT2D eigenvalue weighted by Gasteiger charge is 2.33. The van der Waals surface area contributed by atoms with E-state index in [4.69, 9.17) is 11.6 Å². The summed E-state index contributed by atoms with van der Waals surface area (Å²) in [6.45, 7) is 0. The molecule has 2 atom stereocenters. The van der Waals surface area contributed by atoms with Crippen molar-refractivity contribution in [1.82, 2.24) is 4.90 Å². The fourth-order valence-corrected chi connectivity index (χ4v) is 4.92. The van der Waals surface area contributed by atoms with E-state index in [-0.39, 0.29) is 24.3 Å². The molecule has 6 heteroatoms. The molecule has 0 aromatic heterocycles. The Labute approximate surface area is 161 Å². The largest absolute Gasteiger partial charge is 0.339 e. The highest BCUT2D eigenvalue weighted by atomic mass is 35.5. The van der Waals surface area contributed by atoms with E-state index in [1.54, 1.807) is 17.0 Å². The van der Waals surface area contributed by atoms with Gasteiger partial charge in [0.2, 0.25) is 11.8 Å². The van der Waals surface area contributed by atoms with Crippen molar-refractivity contribution in [2.24, 2.45) is 0 Å². The molecule has 134 valence electrons. The molecule has 2 aliphatic rings. The Hall–Kier alpha value is -1.98. The third-order valence-electron chi connectivity index (χ3n) is 5.08. The van der Waals surface area contributed by atoms with Gasteiger partial charge >= 0.3 is 0 Å². The molecule has 1 aliphatic carbocycles. The summed E-state index contributed by atoms with van der Waals surface area (Å²) < 4.78 is 0. The molecule has 0 fully saturated rings. The van der Waals surface area contributed by atoms with Gasteiger partial charge in [-0.2, -0.15) is 0 Å². The lowest BCUT2D eigenvalue weighted by atomic mass is 10.1. The summed E-state index contributed by atoms with van der Waals surface area (Å²) in [5.74, 6) is -0.143. The van der Waals surface area contributed by atoms with Crippen LogP contribution in [0.15, 0.2) is 47.4 Å². The van der Waals surface area contributed by atoms with Gasteiger partial charge in [-0.15, -0.1) is 11.8 Å². The van der Waals surface area contributed by atoms with Crippen molar-refractivity contribution in [3.05, 3.63) is 58.6 Å². The molecule has 4 nitrogen and oxygen atoms in total.